The highest BCUT2D eigenvalue weighted by molar-refractivity contribution is 6.55. The lowest BCUT2D eigenvalue weighted by Crippen LogP contribution is -2.41. The molecule has 0 saturated carbocycles. The van der Waals surface area contributed by atoms with Crippen molar-refractivity contribution in [1.29, 1.82) is 0 Å². The Bertz CT molecular complexity index is 664. The van der Waals surface area contributed by atoms with Gasteiger partial charge in [0.15, 0.2) is 17.8 Å². The third-order valence-electron chi connectivity index (χ3n) is 4.80. The highest BCUT2D eigenvalue weighted by atomic mass is 16.7. The number of carbonyl (C=O) groups excluding carboxylic acids is 1. The number of benzene rings is 1. The van der Waals surface area contributed by atoms with E-state index in [0.29, 0.717) is 28.1 Å². The van der Waals surface area contributed by atoms with Crippen LogP contribution in [-0.4, -0.2) is 50.5 Å². The Morgan fingerprint density at radius 3 is 1.96 bits per heavy atom. The molecule has 0 atom stereocenters. The molecule has 25 heavy (non-hydrogen) atoms. The van der Waals surface area contributed by atoms with E-state index in [-0.39, 0.29) is 6.61 Å². The number of aliphatic hydroxyl groups is 1. The van der Waals surface area contributed by atoms with Crippen molar-refractivity contribution in [3.8, 4) is 11.5 Å². The summed E-state index contributed by atoms with van der Waals surface area (Å²) in [6.45, 7) is 7.50. The number of methoxy groups -OCH3 is 2. The summed E-state index contributed by atoms with van der Waals surface area (Å²) < 4.78 is 22.4. The van der Waals surface area contributed by atoms with Gasteiger partial charge < -0.3 is 23.9 Å². The fraction of sp³-hybridized carbons (Fsp3) is 0.500. The Morgan fingerprint density at radius 1 is 1.08 bits per heavy atom. The summed E-state index contributed by atoms with van der Waals surface area (Å²) in [5.41, 5.74) is 0.495. The molecule has 6 nitrogen and oxygen atoms in total. The van der Waals surface area contributed by atoms with Gasteiger partial charge in [0.05, 0.1) is 32.0 Å². The van der Waals surface area contributed by atoms with Gasteiger partial charge in [-0.05, 0) is 50.9 Å². The zero-order valence-corrected chi connectivity index (χ0v) is 15.6. The normalized spacial score (nSPS) is 19.0. The van der Waals surface area contributed by atoms with Crippen LogP contribution in [0.15, 0.2) is 17.6 Å². The van der Waals surface area contributed by atoms with Crippen molar-refractivity contribution in [2.45, 2.75) is 38.9 Å². The summed E-state index contributed by atoms with van der Waals surface area (Å²) in [6, 6.07) is 3.28. The molecule has 0 aliphatic carbocycles. The average molecular weight is 348 g/mol. The maximum absolute atomic E-state index is 11.4. The summed E-state index contributed by atoms with van der Waals surface area (Å²) in [6.07, 6.45) is 2.42. The number of hydrogen-bond donors (Lipinski definition) is 1. The molecule has 0 amide bonds. The van der Waals surface area contributed by atoms with E-state index >= 15 is 0 Å². The molecule has 1 N–H and O–H groups in total. The van der Waals surface area contributed by atoms with E-state index in [1.807, 2.05) is 27.7 Å². The maximum Gasteiger partial charge on any atom is 0.492 e. The summed E-state index contributed by atoms with van der Waals surface area (Å²) >= 11 is 0. The van der Waals surface area contributed by atoms with Gasteiger partial charge >= 0.3 is 7.12 Å². The maximum atomic E-state index is 11.4. The van der Waals surface area contributed by atoms with Gasteiger partial charge in [0.2, 0.25) is 0 Å². The van der Waals surface area contributed by atoms with Crippen molar-refractivity contribution in [2.24, 2.45) is 0 Å². The highest BCUT2D eigenvalue weighted by Crippen LogP contribution is 2.39. The van der Waals surface area contributed by atoms with E-state index in [1.54, 1.807) is 18.2 Å². The van der Waals surface area contributed by atoms with Crippen LogP contribution in [0.2, 0.25) is 0 Å². The molecule has 0 spiro atoms. The molecule has 7 heteroatoms. The van der Waals surface area contributed by atoms with Crippen LogP contribution in [0, 0.1) is 0 Å². The van der Waals surface area contributed by atoms with Crippen molar-refractivity contribution in [2.75, 3.05) is 20.8 Å². The zero-order chi connectivity index (χ0) is 18.8. The molecule has 0 bridgehead atoms. The second-order valence-electron chi connectivity index (χ2n) is 6.92. The minimum Gasteiger partial charge on any atom is -0.493 e. The summed E-state index contributed by atoms with van der Waals surface area (Å²) in [5, 5.41) is 9.81. The first kappa shape index (κ1) is 19.5. The molecule has 1 aliphatic rings. The molecule has 1 fully saturated rings. The Morgan fingerprint density at radius 2 is 1.56 bits per heavy atom. The molecule has 1 aromatic carbocycles. The second kappa shape index (κ2) is 7.19. The summed E-state index contributed by atoms with van der Waals surface area (Å²) in [7, 11) is 2.33. The molecule has 0 radical (unpaired) electrons. The Kier molecular flexibility index (Phi) is 5.61. The number of carbonyl (C=O) groups is 1. The smallest absolute Gasteiger partial charge is 0.492 e. The van der Waals surface area contributed by atoms with Crippen molar-refractivity contribution in [1.82, 2.24) is 0 Å². The van der Waals surface area contributed by atoms with Gasteiger partial charge in [-0.2, -0.15) is 0 Å². The van der Waals surface area contributed by atoms with Crippen LogP contribution in [0.5, 0.6) is 11.5 Å². The first-order valence-electron chi connectivity index (χ1n) is 8.07. The third-order valence-corrected chi connectivity index (χ3v) is 4.80. The summed E-state index contributed by atoms with van der Waals surface area (Å²) in [5.74, 6) is 0.952. The van der Waals surface area contributed by atoms with Crippen molar-refractivity contribution in [3.63, 3.8) is 0 Å². The predicted molar refractivity (Wildman–Crippen MR) is 96.1 cm³/mol. The van der Waals surface area contributed by atoms with Crippen LogP contribution in [0.1, 0.15) is 43.6 Å². The van der Waals surface area contributed by atoms with Crippen LogP contribution < -0.4 is 9.47 Å². The molecular weight excluding hydrogens is 323 g/mol. The molecule has 0 unspecified atom stereocenters. The molecule has 0 aromatic heterocycles. The minimum atomic E-state index is -0.692. The Hall–Kier alpha value is -1.83. The SMILES string of the molecule is COc1cc(C=O)c(C=C(CO)B2OC(C)(C)C(C)(C)O2)cc1OC. The highest BCUT2D eigenvalue weighted by Gasteiger charge is 2.52. The van der Waals surface area contributed by atoms with Crippen LogP contribution in [0.4, 0.5) is 0 Å². The topological polar surface area (TPSA) is 74.2 Å². The fourth-order valence-corrected chi connectivity index (χ4v) is 2.52. The van der Waals surface area contributed by atoms with Gasteiger partial charge in [-0.25, -0.2) is 0 Å². The van der Waals surface area contributed by atoms with Crippen molar-refractivity contribution < 1.29 is 28.7 Å². The number of aliphatic hydroxyl groups excluding tert-OH is 1. The zero-order valence-electron chi connectivity index (χ0n) is 15.6. The average Bonchev–Trinajstić information content (AvgIpc) is 2.79. The Labute approximate surface area is 148 Å². The molecule has 1 heterocycles. The number of hydrogen-bond acceptors (Lipinski definition) is 6. The van der Waals surface area contributed by atoms with E-state index in [0.717, 1.165) is 6.29 Å². The van der Waals surface area contributed by atoms with Gasteiger partial charge in [-0.15, -0.1) is 0 Å². The molecule has 1 aliphatic heterocycles. The monoisotopic (exact) mass is 348 g/mol. The largest absolute Gasteiger partial charge is 0.493 e. The van der Waals surface area contributed by atoms with E-state index in [4.69, 9.17) is 18.8 Å². The predicted octanol–water partition coefficient (Wildman–Crippen LogP) is 2.52. The molecular formula is C18H25BO6. The standard InChI is InChI=1S/C18H25BO6/c1-17(2)18(3,4)25-19(24-17)14(11-21)7-12-8-15(22-5)16(23-6)9-13(12)10-20/h7-10,21H,11H2,1-6H3. The van der Waals surface area contributed by atoms with Gasteiger partial charge in [0.1, 0.15) is 0 Å². The van der Waals surface area contributed by atoms with Crippen molar-refractivity contribution >= 4 is 19.5 Å². The second-order valence-corrected chi connectivity index (χ2v) is 6.92. The van der Waals surface area contributed by atoms with Crippen LogP contribution >= 0.6 is 0 Å². The van der Waals surface area contributed by atoms with E-state index in [2.05, 4.69) is 0 Å². The molecule has 1 saturated heterocycles. The lowest BCUT2D eigenvalue weighted by Gasteiger charge is -2.32. The van der Waals surface area contributed by atoms with Crippen molar-refractivity contribution in [3.05, 3.63) is 28.7 Å². The van der Waals surface area contributed by atoms with Gasteiger partial charge in [-0.3, -0.25) is 4.79 Å². The fourth-order valence-electron chi connectivity index (χ4n) is 2.52. The van der Waals surface area contributed by atoms with Crippen LogP contribution in [-0.2, 0) is 9.31 Å². The van der Waals surface area contributed by atoms with Gasteiger partial charge in [0, 0.05) is 5.56 Å². The lowest BCUT2D eigenvalue weighted by molar-refractivity contribution is 0.00578. The molecule has 136 valence electrons. The molecule has 2 rings (SSSR count). The lowest BCUT2D eigenvalue weighted by atomic mass is 9.77. The van der Waals surface area contributed by atoms with E-state index in [1.165, 1.54) is 14.2 Å². The number of aldehydes is 1. The van der Waals surface area contributed by atoms with E-state index < -0.39 is 18.3 Å². The van der Waals surface area contributed by atoms with Gasteiger partial charge in [0.25, 0.3) is 0 Å². The minimum absolute atomic E-state index is 0.260. The van der Waals surface area contributed by atoms with Crippen LogP contribution in [0.3, 0.4) is 0 Å². The quantitative estimate of drug-likeness (QED) is 0.629. The summed E-state index contributed by atoms with van der Waals surface area (Å²) in [4.78, 5) is 11.4. The first-order valence-corrected chi connectivity index (χ1v) is 8.07. The van der Waals surface area contributed by atoms with E-state index in [9.17, 15) is 9.90 Å². The first-order chi connectivity index (χ1) is 11.7. The third kappa shape index (κ3) is 3.73. The molecule has 1 aromatic rings. The van der Waals surface area contributed by atoms with Crippen LogP contribution in [0.25, 0.3) is 6.08 Å². The number of ether oxygens (including phenoxy) is 2. The van der Waals surface area contributed by atoms with Gasteiger partial charge in [-0.1, -0.05) is 6.08 Å². The Balaban J connectivity index is 2.45. The number of rotatable bonds is 6.